The van der Waals surface area contributed by atoms with Crippen LogP contribution in [0.4, 0.5) is 11.4 Å². The van der Waals surface area contributed by atoms with Crippen LogP contribution in [0.2, 0.25) is 0 Å². The molecule has 0 unspecified atom stereocenters. The van der Waals surface area contributed by atoms with Crippen LogP contribution in [0.3, 0.4) is 0 Å². The summed E-state index contributed by atoms with van der Waals surface area (Å²) in [6.07, 6.45) is 6.59. The van der Waals surface area contributed by atoms with Gasteiger partial charge in [0.2, 0.25) is 0 Å². The van der Waals surface area contributed by atoms with Crippen molar-refractivity contribution in [2.75, 3.05) is 6.54 Å². The van der Waals surface area contributed by atoms with Crippen LogP contribution in [-0.4, -0.2) is 32.4 Å². The van der Waals surface area contributed by atoms with E-state index in [4.69, 9.17) is 0 Å². The molecule has 2 aromatic rings. The average Bonchev–Trinajstić information content (AvgIpc) is 2.92. The van der Waals surface area contributed by atoms with Gasteiger partial charge in [0.1, 0.15) is 0 Å². The van der Waals surface area contributed by atoms with Gasteiger partial charge in [-0.3, -0.25) is 24.8 Å². The number of amides is 1. The standard InChI is InChI=1S/C18H14N4O3S/c1-2-10-21-17(23)16(11-13-5-7-15(8-6-13)22(24)25)26-18(21)20-14-4-3-9-19-12-14/h2-9,11-12H,1,10H2/b16-11-,20-18?. The molecule has 0 radical (unpaired) electrons. The number of non-ortho nitro benzene ring substituents is 1. The predicted octanol–water partition coefficient (Wildman–Crippen LogP) is 3.78. The highest BCUT2D eigenvalue weighted by atomic mass is 32.2. The van der Waals surface area contributed by atoms with Gasteiger partial charge in [-0.1, -0.05) is 6.08 Å². The van der Waals surface area contributed by atoms with Gasteiger partial charge in [0.25, 0.3) is 11.6 Å². The van der Waals surface area contributed by atoms with Gasteiger partial charge in [0, 0.05) is 24.9 Å². The molecule has 130 valence electrons. The number of benzene rings is 1. The maximum atomic E-state index is 12.7. The zero-order valence-corrected chi connectivity index (χ0v) is 14.4. The van der Waals surface area contributed by atoms with Crippen molar-refractivity contribution < 1.29 is 9.72 Å². The SMILES string of the molecule is C=CCN1C(=O)/C(=C/c2ccc([N+](=O)[O-])cc2)SC1=Nc1cccnc1. The van der Waals surface area contributed by atoms with E-state index in [0.29, 0.717) is 27.9 Å². The van der Waals surface area contributed by atoms with Crippen molar-refractivity contribution in [1.29, 1.82) is 0 Å². The third kappa shape index (κ3) is 3.86. The Labute approximate surface area is 153 Å². The predicted molar refractivity (Wildman–Crippen MR) is 102 cm³/mol. The number of pyridine rings is 1. The van der Waals surface area contributed by atoms with Gasteiger partial charge in [-0.05, 0) is 47.7 Å². The lowest BCUT2D eigenvalue weighted by Gasteiger charge is -2.12. The molecule has 8 heteroatoms. The zero-order valence-electron chi connectivity index (χ0n) is 13.6. The fraction of sp³-hybridized carbons (Fsp3) is 0.0556. The number of amidine groups is 1. The zero-order chi connectivity index (χ0) is 18.5. The first-order chi connectivity index (χ1) is 12.6. The fourth-order valence-corrected chi connectivity index (χ4v) is 3.26. The number of rotatable bonds is 5. The molecule has 0 atom stereocenters. The molecule has 1 aromatic heterocycles. The number of nitro benzene ring substituents is 1. The van der Waals surface area contributed by atoms with Gasteiger partial charge >= 0.3 is 0 Å². The molecular formula is C18H14N4O3S. The summed E-state index contributed by atoms with van der Waals surface area (Å²) in [4.78, 5) is 33.5. The molecule has 1 amide bonds. The molecular weight excluding hydrogens is 352 g/mol. The number of thioether (sulfide) groups is 1. The Morgan fingerprint density at radius 1 is 1.31 bits per heavy atom. The van der Waals surface area contributed by atoms with Crippen molar-refractivity contribution in [3.63, 3.8) is 0 Å². The van der Waals surface area contributed by atoms with E-state index in [2.05, 4.69) is 16.6 Å². The molecule has 0 N–H and O–H groups in total. The molecule has 1 saturated heterocycles. The average molecular weight is 366 g/mol. The van der Waals surface area contributed by atoms with Gasteiger partial charge in [0.15, 0.2) is 5.17 Å². The highest BCUT2D eigenvalue weighted by molar-refractivity contribution is 8.18. The minimum Gasteiger partial charge on any atom is -0.283 e. The van der Waals surface area contributed by atoms with Gasteiger partial charge in [-0.15, -0.1) is 6.58 Å². The van der Waals surface area contributed by atoms with E-state index in [0.717, 1.165) is 0 Å². The summed E-state index contributed by atoms with van der Waals surface area (Å²) in [5.41, 5.74) is 1.35. The van der Waals surface area contributed by atoms with Crippen molar-refractivity contribution in [3.05, 3.63) is 82.0 Å². The van der Waals surface area contributed by atoms with Crippen molar-refractivity contribution >= 4 is 40.3 Å². The van der Waals surface area contributed by atoms with Crippen molar-refractivity contribution in [2.45, 2.75) is 0 Å². The first kappa shape index (κ1) is 17.6. The van der Waals surface area contributed by atoms with Crippen LogP contribution in [-0.2, 0) is 4.79 Å². The summed E-state index contributed by atoms with van der Waals surface area (Å²) in [5.74, 6) is -0.184. The van der Waals surface area contributed by atoms with Crippen LogP contribution in [0, 0.1) is 10.1 Å². The highest BCUT2D eigenvalue weighted by Crippen LogP contribution is 2.34. The summed E-state index contributed by atoms with van der Waals surface area (Å²) in [6.45, 7) is 4.02. The van der Waals surface area contributed by atoms with Crippen LogP contribution in [0.15, 0.2) is 71.3 Å². The number of carbonyl (C=O) groups is 1. The van der Waals surface area contributed by atoms with Gasteiger partial charge in [-0.25, -0.2) is 4.99 Å². The smallest absolute Gasteiger partial charge is 0.269 e. The minimum absolute atomic E-state index is 0.00432. The van der Waals surface area contributed by atoms with Gasteiger partial charge in [0.05, 0.1) is 21.7 Å². The summed E-state index contributed by atoms with van der Waals surface area (Å²) in [7, 11) is 0. The fourth-order valence-electron chi connectivity index (χ4n) is 2.26. The van der Waals surface area contributed by atoms with E-state index in [1.165, 1.54) is 28.8 Å². The number of aromatic nitrogens is 1. The number of hydrogen-bond donors (Lipinski definition) is 0. The topological polar surface area (TPSA) is 88.7 Å². The Hall–Kier alpha value is -3.26. The Balaban J connectivity index is 1.91. The van der Waals surface area contributed by atoms with E-state index in [1.807, 2.05) is 0 Å². The summed E-state index contributed by atoms with van der Waals surface area (Å²) in [6, 6.07) is 9.59. The maximum Gasteiger partial charge on any atom is 0.269 e. The maximum absolute atomic E-state index is 12.7. The molecule has 0 spiro atoms. The summed E-state index contributed by atoms with van der Waals surface area (Å²) in [5, 5.41) is 11.3. The molecule has 0 aliphatic carbocycles. The minimum atomic E-state index is -0.461. The molecule has 1 aromatic carbocycles. The molecule has 26 heavy (non-hydrogen) atoms. The van der Waals surface area contributed by atoms with Crippen molar-refractivity contribution in [1.82, 2.24) is 9.88 Å². The number of hydrogen-bond acceptors (Lipinski definition) is 6. The quantitative estimate of drug-likeness (QED) is 0.348. The molecule has 1 fully saturated rings. The second-order valence-electron chi connectivity index (χ2n) is 5.27. The molecule has 1 aliphatic heterocycles. The third-order valence-electron chi connectivity index (χ3n) is 3.47. The van der Waals surface area contributed by atoms with Crippen molar-refractivity contribution in [2.24, 2.45) is 4.99 Å². The van der Waals surface area contributed by atoms with E-state index in [1.54, 1.807) is 48.8 Å². The van der Waals surface area contributed by atoms with E-state index in [9.17, 15) is 14.9 Å². The monoisotopic (exact) mass is 366 g/mol. The molecule has 7 nitrogen and oxygen atoms in total. The second-order valence-corrected chi connectivity index (χ2v) is 6.28. The largest absolute Gasteiger partial charge is 0.283 e. The Bertz CT molecular complexity index is 908. The van der Waals surface area contributed by atoms with Crippen LogP contribution >= 0.6 is 11.8 Å². The number of aliphatic imine (C=N–C) groups is 1. The molecule has 0 saturated carbocycles. The van der Waals surface area contributed by atoms with Crippen LogP contribution in [0.25, 0.3) is 6.08 Å². The number of nitro groups is 1. The van der Waals surface area contributed by atoms with Crippen LogP contribution < -0.4 is 0 Å². The first-order valence-electron chi connectivity index (χ1n) is 7.64. The first-order valence-corrected chi connectivity index (χ1v) is 8.45. The normalized spacial score (nSPS) is 17.1. The highest BCUT2D eigenvalue weighted by Gasteiger charge is 2.32. The lowest BCUT2D eigenvalue weighted by atomic mass is 10.2. The Morgan fingerprint density at radius 3 is 2.69 bits per heavy atom. The lowest BCUT2D eigenvalue weighted by molar-refractivity contribution is -0.384. The second kappa shape index (κ2) is 7.75. The Morgan fingerprint density at radius 2 is 2.08 bits per heavy atom. The molecule has 0 bridgehead atoms. The van der Waals surface area contributed by atoms with E-state index < -0.39 is 4.92 Å². The third-order valence-corrected chi connectivity index (χ3v) is 4.48. The summed E-state index contributed by atoms with van der Waals surface area (Å²) >= 11 is 1.25. The number of carbonyl (C=O) groups excluding carboxylic acids is 1. The van der Waals surface area contributed by atoms with Gasteiger partial charge < -0.3 is 0 Å². The van der Waals surface area contributed by atoms with Crippen molar-refractivity contribution in [3.8, 4) is 0 Å². The van der Waals surface area contributed by atoms with Crippen LogP contribution in [0.1, 0.15) is 5.56 Å². The summed E-state index contributed by atoms with van der Waals surface area (Å²) < 4.78 is 0. The van der Waals surface area contributed by atoms with E-state index >= 15 is 0 Å². The molecule has 1 aliphatic rings. The molecule has 2 heterocycles. The Kier molecular flexibility index (Phi) is 5.23. The van der Waals surface area contributed by atoms with E-state index in [-0.39, 0.29) is 11.6 Å². The molecule has 3 rings (SSSR count). The number of nitrogens with zero attached hydrogens (tertiary/aromatic N) is 4. The lowest BCUT2D eigenvalue weighted by Crippen LogP contribution is -2.29. The van der Waals surface area contributed by atoms with Crippen LogP contribution in [0.5, 0.6) is 0 Å². The van der Waals surface area contributed by atoms with Gasteiger partial charge in [-0.2, -0.15) is 0 Å².